The third-order valence-electron chi connectivity index (χ3n) is 8.26. The summed E-state index contributed by atoms with van der Waals surface area (Å²) in [4.78, 5) is 57.9. The van der Waals surface area contributed by atoms with Crippen molar-refractivity contribution in [2.24, 2.45) is 5.92 Å². The highest BCUT2D eigenvalue weighted by Gasteiger charge is 2.57. The molecule has 2 aliphatic rings. The van der Waals surface area contributed by atoms with Gasteiger partial charge in [-0.1, -0.05) is 105 Å². The zero-order valence-electron chi connectivity index (χ0n) is 24.1. The summed E-state index contributed by atoms with van der Waals surface area (Å²) in [5.74, 6) is -2.18. The molecule has 2 aliphatic heterocycles. The number of carbonyl (C=O) groups is 4. The maximum absolute atomic E-state index is 13.9. The van der Waals surface area contributed by atoms with Gasteiger partial charge < -0.3 is 14.9 Å². The van der Waals surface area contributed by atoms with E-state index in [4.69, 9.17) is 0 Å². The van der Waals surface area contributed by atoms with E-state index < -0.39 is 35.5 Å². The molecular formula is C33H36N4O5. The smallest absolute Gasteiger partial charge is 0.326 e. The normalized spacial score (nSPS) is 19.4. The van der Waals surface area contributed by atoms with Gasteiger partial charge in [0.25, 0.3) is 0 Å². The SMILES string of the molecule is CC(C)[C@@H](C(=O)O)N(C)C(=O)N1CCN(C(=O)[C@H]2CN2C(c2ccccc2)(c2ccccc2)c2ccccc2)C(=O)C1. The number of imide groups is 1. The van der Waals surface area contributed by atoms with Crippen LogP contribution in [0.5, 0.6) is 0 Å². The molecule has 0 saturated carbocycles. The largest absolute Gasteiger partial charge is 0.480 e. The van der Waals surface area contributed by atoms with Crippen molar-refractivity contribution in [3.05, 3.63) is 108 Å². The van der Waals surface area contributed by atoms with Crippen LogP contribution in [-0.2, 0) is 19.9 Å². The Morgan fingerprint density at radius 1 is 0.833 bits per heavy atom. The molecule has 3 atom stereocenters. The molecule has 4 amide bonds. The van der Waals surface area contributed by atoms with Gasteiger partial charge in [0.15, 0.2) is 0 Å². The summed E-state index contributed by atoms with van der Waals surface area (Å²) in [6, 6.07) is 28.1. The molecule has 0 radical (unpaired) electrons. The molecule has 3 aromatic carbocycles. The van der Waals surface area contributed by atoms with Gasteiger partial charge in [-0.25, -0.2) is 9.59 Å². The van der Waals surface area contributed by atoms with Gasteiger partial charge in [-0.2, -0.15) is 0 Å². The number of rotatable bonds is 8. The van der Waals surface area contributed by atoms with E-state index in [-0.39, 0.29) is 31.5 Å². The first-order chi connectivity index (χ1) is 20.2. The molecule has 5 rings (SSSR count). The molecule has 2 heterocycles. The average Bonchev–Trinajstić information content (AvgIpc) is 3.79. The fraction of sp³-hybridized carbons (Fsp3) is 0.333. The first-order valence-electron chi connectivity index (χ1n) is 14.2. The van der Waals surface area contributed by atoms with Crippen LogP contribution >= 0.6 is 0 Å². The number of aliphatic carboxylic acids is 1. The lowest BCUT2D eigenvalue weighted by molar-refractivity contribution is -0.148. The molecule has 2 fully saturated rings. The Balaban J connectivity index is 1.40. The summed E-state index contributed by atoms with van der Waals surface area (Å²) in [7, 11) is 1.43. The van der Waals surface area contributed by atoms with E-state index in [1.807, 2.05) is 54.6 Å². The van der Waals surface area contributed by atoms with Crippen LogP contribution in [0.1, 0.15) is 30.5 Å². The molecule has 218 valence electrons. The molecule has 9 heteroatoms. The fourth-order valence-electron chi connectivity index (χ4n) is 6.25. The number of carboxylic acid groups (broad SMARTS) is 1. The molecule has 9 nitrogen and oxygen atoms in total. The number of carbonyl (C=O) groups excluding carboxylic acids is 3. The first-order valence-corrected chi connectivity index (χ1v) is 14.2. The van der Waals surface area contributed by atoms with Crippen molar-refractivity contribution >= 4 is 23.8 Å². The topological polar surface area (TPSA) is 101 Å². The molecule has 0 bridgehead atoms. The van der Waals surface area contributed by atoms with Crippen molar-refractivity contribution in [1.82, 2.24) is 19.6 Å². The standard InChI is InChI=1S/C33H36N4O5/c1-23(2)29(31(40)41)34(3)32(42)35-19-20-36(28(38)22-35)30(39)27-21-37(27)33(24-13-7-4-8-14-24,25-15-9-5-10-16-25)26-17-11-6-12-18-26/h4-18,23,27,29H,19-22H2,1-3H3,(H,40,41)/t27-,29+,37?/m1/s1. The zero-order valence-corrected chi connectivity index (χ0v) is 24.1. The Morgan fingerprint density at radius 2 is 1.31 bits per heavy atom. The van der Waals surface area contributed by atoms with Crippen molar-refractivity contribution in [3.63, 3.8) is 0 Å². The summed E-state index contributed by atoms with van der Waals surface area (Å²) < 4.78 is 0. The monoisotopic (exact) mass is 568 g/mol. The van der Waals surface area contributed by atoms with E-state index >= 15 is 0 Å². The Bertz CT molecular complexity index is 1350. The van der Waals surface area contributed by atoms with Gasteiger partial charge in [-0.3, -0.25) is 19.4 Å². The van der Waals surface area contributed by atoms with Gasteiger partial charge >= 0.3 is 12.0 Å². The fourth-order valence-corrected chi connectivity index (χ4v) is 6.25. The van der Waals surface area contributed by atoms with E-state index in [1.54, 1.807) is 13.8 Å². The lowest BCUT2D eigenvalue weighted by Crippen LogP contribution is -2.59. The second-order valence-electron chi connectivity index (χ2n) is 11.2. The molecule has 0 aliphatic carbocycles. The number of hydrogen-bond acceptors (Lipinski definition) is 5. The maximum Gasteiger partial charge on any atom is 0.326 e. The molecule has 3 aromatic rings. The van der Waals surface area contributed by atoms with Crippen molar-refractivity contribution < 1.29 is 24.3 Å². The van der Waals surface area contributed by atoms with E-state index in [0.717, 1.165) is 21.6 Å². The minimum atomic E-state index is -1.10. The lowest BCUT2D eigenvalue weighted by atomic mass is 9.76. The second-order valence-corrected chi connectivity index (χ2v) is 11.2. The van der Waals surface area contributed by atoms with E-state index in [9.17, 15) is 24.3 Å². The number of urea groups is 1. The number of benzene rings is 3. The van der Waals surface area contributed by atoms with Crippen molar-refractivity contribution in [1.29, 1.82) is 0 Å². The average molecular weight is 569 g/mol. The summed E-state index contributed by atoms with van der Waals surface area (Å²) in [6.07, 6.45) is 0. The minimum absolute atomic E-state index is 0.0516. The van der Waals surface area contributed by atoms with Gasteiger partial charge in [0.05, 0.1) is 5.54 Å². The molecular weight excluding hydrogens is 532 g/mol. The van der Waals surface area contributed by atoms with Crippen LogP contribution < -0.4 is 0 Å². The number of hydrogen-bond donors (Lipinski definition) is 1. The number of piperazine rings is 1. The molecule has 0 aromatic heterocycles. The van der Waals surface area contributed by atoms with Crippen LogP contribution in [0.2, 0.25) is 0 Å². The third kappa shape index (κ3) is 5.16. The van der Waals surface area contributed by atoms with E-state index in [0.29, 0.717) is 6.54 Å². The quantitative estimate of drug-likeness (QED) is 0.254. The Labute approximate surface area is 245 Å². The van der Waals surface area contributed by atoms with Crippen molar-refractivity contribution in [3.8, 4) is 0 Å². The van der Waals surface area contributed by atoms with Crippen molar-refractivity contribution in [2.45, 2.75) is 31.5 Å². The van der Waals surface area contributed by atoms with Gasteiger partial charge in [-0.05, 0) is 22.6 Å². The molecule has 2 saturated heterocycles. The Morgan fingerprint density at radius 3 is 1.71 bits per heavy atom. The highest BCUT2D eigenvalue weighted by atomic mass is 16.4. The number of likely N-dealkylation sites (N-methyl/N-ethyl adjacent to an activating group) is 1. The van der Waals surface area contributed by atoms with Crippen LogP contribution in [0.3, 0.4) is 0 Å². The number of carboxylic acids is 1. The summed E-state index contributed by atoms with van der Waals surface area (Å²) >= 11 is 0. The minimum Gasteiger partial charge on any atom is -0.480 e. The summed E-state index contributed by atoms with van der Waals surface area (Å²) in [6.45, 7) is 3.82. The number of nitrogens with zero attached hydrogens (tertiary/aromatic N) is 4. The Kier molecular flexibility index (Phi) is 8.13. The highest BCUT2D eigenvalue weighted by molar-refractivity contribution is 6.01. The molecule has 0 spiro atoms. The predicted molar refractivity (Wildman–Crippen MR) is 157 cm³/mol. The van der Waals surface area contributed by atoms with E-state index in [2.05, 4.69) is 41.3 Å². The van der Waals surface area contributed by atoms with Crippen LogP contribution in [0.25, 0.3) is 0 Å². The molecule has 42 heavy (non-hydrogen) atoms. The van der Waals surface area contributed by atoms with Crippen LogP contribution in [0.15, 0.2) is 91.0 Å². The van der Waals surface area contributed by atoms with Gasteiger partial charge in [0, 0.05) is 26.7 Å². The van der Waals surface area contributed by atoms with Crippen LogP contribution in [-0.4, -0.2) is 93.8 Å². The van der Waals surface area contributed by atoms with Gasteiger partial charge in [0.1, 0.15) is 18.6 Å². The van der Waals surface area contributed by atoms with Gasteiger partial charge in [0.2, 0.25) is 11.8 Å². The second kappa shape index (κ2) is 11.8. The Hall–Kier alpha value is -4.50. The third-order valence-corrected chi connectivity index (χ3v) is 8.26. The lowest BCUT2D eigenvalue weighted by Gasteiger charge is -2.39. The molecule has 1 unspecified atom stereocenters. The van der Waals surface area contributed by atoms with Crippen LogP contribution in [0, 0.1) is 5.92 Å². The van der Waals surface area contributed by atoms with Crippen molar-refractivity contribution in [2.75, 3.05) is 33.2 Å². The molecule has 1 N–H and O–H groups in total. The predicted octanol–water partition coefficient (Wildman–Crippen LogP) is 3.49. The van der Waals surface area contributed by atoms with E-state index in [1.165, 1.54) is 16.8 Å². The summed E-state index contributed by atoms with van der Waals surface area (Å²) in [5, 5.41) is 9.60. The zero-order chi connectivity index (χ0) is 30.0. The number of amides is 4. The van der Waals surface area contributed by atoms with Crippen LogP contribution in [0.4, 0.5) is 4.79 Å². The first kappa shape index (κ1) is 29.0. The maximum atomic E-state index is 13.9. The van der Waals surface area contributed by atoms with Gasteiger partial charge in [-0.15, -0.1) is 0 Å². The summed E-state index contributed by atoms with van der Waals surface area (Å²) in [5.41, 5.74) is 2.29. The highest BCUT2D eigenvalue weighted by Crippen LogP contribution is 2.48.